The highest BCUT2D eigenvalue weighted by Gasteiger charge is 2.50. The predicted octanol–water partition coefficient (Wildman–Crippen LogP) is 1.95. The van der Waals surface area contributed by atoms with E-state index in [0.717, 1.165) is 31.2 Å². The summed E-state index contributed by atoms with van der Waals surface area (Å²) in [4.78, 5) is 28.0. The van der Waals surface area contributed by atoms with Crippen LogP contribution >= 0.6 is 11.3 Å². The average molecular weight is 462 g/mol. The number of likely N-dealkylation sites (tertiary alicyclic amines) is 1. The second-order valence-electron chi connectivity index (χ2n) is 7.45. The normalized spacial score (nSPS) is 23.2. The van der Waals surface area contributed by atoms with Gasteiger partial charge >= 0.3 is 12.1 Å². The maximum absolute atomic E-state index is 12.3. The Morgan fingerprint density at radius 2 is 2.19 bits per heavy atom. The van der Waals surface area contributed by atoms with Crippen LogP contribution in [0.4, 0.5) is 13.2 Å². The molecule has 2 aliphatic rings. The van der Waals surface area contributed by atoms with Crippen LogP contribution in [0.2, 0.25) is 0 Å². The number of fused-ring (bicyclic) bond motifs is 1. The number of alkyl halides is 3. The number of thiazole rings is 1. The van der Waals surface area contributed by atoms with Gasteiger partial charge in [-0.3, -0.25) is 9.69 Å². The fourth-order valence-electron chi connectivity index (χ4n) is 3.70. The lowest BCUT2D eigenvalue weighted by Gasteiger charge is -2.27. The average Bonchev–Trinajstić information content (AvgIpc) is 3.45. The van der Waals surface area contributed by atoms with Crippen LogP contribution in [0.5, 0.6) is 0 Å². The molecule has 2 atom stereocenters. The van der Waals surface area contributed by atoms with Gasteiger partial charge < -0.3 is 19.7 Å². The smallest absolute Gasteiger partial charge is 0.475 e. The fraction of sp³-hybridized carbons (Fsp3) is 0.556. The van der Waals surface area contributed by atoms with Gasteiger partial charge in [0.1, 0.15) is 16.3 Å². The first kappa shape index (κ1) is 23.2. The number of carboxylic acids is 1. The maximum atomic E-state index is 12.3. The minimum Gasteiger partial charge on any atom is -0.475 e. The molecular weight excluding hydrogens is 441 g/mol. The molecule has 0 radical (unpaired) electrons. The molecule has 0 bridgehead atoms. The molecule has 9 nitrogen and oxygen atoms in total. The van der Waals surface area contributed by atoms with Crippen LogP contribution in [-0.2, 0) is 16.1 Å². The Morgan fingerprint density at radius 3 is 2.77 bits per heavy atom. The second-order valence-corrected chi connectivity index (χ2v) is 8.43. The van der Waals surface area contributed by atoms with Crippen LogP contribution in [0.25, 0.3) is 0 Å². The summed E-state index contributed by atoms with van der Waals surface area (Å²) < 4.78 is 42.4. The fourth-order valence-corrected chi connectivity index (χ4v) is 4.36. The van der Waals surface area contributed by atoms with E-state index < -0.39 is 12.1 Å². The Hall–Kier alpha value is -2.51. The highest BCUT2D eigenvalue weighted by molar-refractivity contribution is 7.09. The van der Waals surface area contributed by atoms with E-state index in [1.165, 1.54) is 6.20 Å². The van der Waals surface area contributed by atoms with Crippen molar-refractivity contribution in [2.24, 2.45) is 11.3 Å². The summed E-state index contributed by atoms with van der Waals surface area (Å²) in [5, 5.41) is 17.0. The summed E-state index contributed by atoms with van der Waals surface area (Å²) >= 11 is 1.68. The van der Waals surface area contributed by atoms with E-state index in [-0.39, 0.29) is 11.3 Å². The number of carbonyl (C=O) groups is 2. The molecule has 4 heterocycles. The third-order valence-electron chi connectivity index (χ3n) is 5.27. The molecule has 2 aromatic rings. The number of hydrogen-bond donors (Lipinski definition) is 2. The van der Waals surface area contributed by atoms with Crippen LogP contribution in [0, 0.1) is 18.3 Å². The number of hydrogen-bond acceptors (Lipinski definition) is 8. The van der Waals surface area contributed by atoms with Crippen molar-refractivity contribution < 1.29 is 37.1 Å². The number of aryl methyl sites for hydroxylation is 1. The van der Waals surface area contributed by atoms with Crippen LogP contribution in [0.3, 0.4) is 0 Å². The minimum atomic E-state index is -5.08. The first-order valence-electron chi connectivity index (χ1n) is 9.29. The molecule has 2 aliphatic heterocycles. The molecule has 2 fully saturated rings. The second kappa shape index (κ2) is 9.32. The van der Waals surface area contributed by atoms with Gasteiger partial charge in [-0.05, 0) is 6.92 Å². The molecule has 0 aromatic carbocycles. The molecule has 0 spiro atoms. The lowest BCUT2D eigenvalue weighted by Crippen LogP contribution is -2.43. The number of halogens is 3. The van der Waals surface area contributed by atoms with Crippen molar-refractivity contribution in [2.75, 3.05) is 32.8 Å². The Bertz CT molecular complexity index is 904. The number of nitrogens with one attached hydrogen (secondary N) is 1. The number of ether oxygens (including phenoxy) is 1. The van der Waals surface area contributed by atoms with Crippen LogP contribution < -0.4 is 5.32 Å². The van der Waals surface area contributed by atoms with E-state index in [4.69, 9.17) is 19.2 Å². The molecule has 0 saturated carbocycles. The van der Waals surface area contributed by atoms with Crippen LogP contribution in [-0.4, -0.2) is 71.0 Å². The number of nitrogens with zero attached hydrogens (tertiary/aromatic N) is 3. The predicted molar refractivity (Wildman–Crippen MR) is 101 cm³/mol. The third-order valence-corrected chi connectivity index (χ3v) is 6.04. The first-order chi connectivity index (χ1) is 14.6. The summed E-state index contributed by atoms with van der Waals surface area (Å²) in [6.45, 7) is 6.57. The lowest BCUT2D eigenvalue weighted by atomic mass is 9.81. The van der Waals surface area contributed by atoms with Gasteiger partial charge in [0.25, 0.3) is 5.91 Å². The number of carbonyl (C=O) groups excluding carboxylic acids is 1. The Kier molecular flexibility index (Phi) is 6.96. The SMILES string of the molecule is Cc1oncc1C(=O)NC[C@]12COC[C@H]1CN(Cc1nccs1)C2.O=C(O)C(F)(F)F. The van der Waals surface area contributed by atoms with Gasteiger partial charge in [0.05, 0.1) is 26.0 Å². The molecule has 0 aliphatic carbocycles. The molecule has 0 unspecified atom stereocenters. The van der Waals surface area contributed by atoms with Crippen molar-refractivity contribution in [3.8, 4) is 0 Å². The molecule has 2 aromatic heterocycles. The van der Waals surface area contributed by atoms with Crippen molar-refractivity contribution in [3.05, 3.63) is 34.1 Å². The van der Waals surface area contributed by atoms with E-state index in [1.807, 2.05) is 11.6 Å². The molecule has 2 saturated heterocycles. The van der Waals surface area contributed by atoms with Crippen LogP contribution in [0.1, 0.15) is 21.1 Å². The van der Waals surface area contributed by atoms with Gasteiger partial charge in [-0.25, -0.2) is 9.78 Å². The highest BCUT2D eigenvalue weighted by Crippen LogP contribution is 2.41. The van der Waals surface area contributed by atoms with Crippen molar-refractivity contribution in [1.29, 1.82) is 0 Å². The zero-order valence-electron chi connectivity index (χ0n) is 16.5. The summed E-state index contributed by atoms with van der Waals surface area (Å²) in [7, 11) is 0. The number of rotatable bonds is 5. The Labute approximate surface area is 179 Å². The molecular formula is C18H21F3N4O5S. The van der Waals surface area contributed by atoms with E-state index in [2.05, 4.69) is 20.4 Å². The number of amides is 1. The first-order valence-corrected chi connectivity index (χ1v) is 10.2. The molecule has 31 heavy (non-hydrogen) atoms. The molecule has 13 heteroatoms. The van der Waals surface area contributed by atoms with Gasteiger partial charge in [0.2, 0.25) is 0 Å². The summed E-state index contributed by atoms with van der Waals surface area (Å²) in [6.07, 6.45) is -1.77. The number of aromatic nitrogens is 2. The van der Waals surface area contributed by atoms with E-state index in [0.29, 0.717) is 30.4 Å². The monoisotopic (exact) mass is 462 g/mol. The molecule has 170 valence electrons. The van der Waals surface area contributed by atoms with E-state index >= 15 is 0 Å². The van der Waals surface area contributed by atoms with Crippen molar-refractivity contribution in [1.82, 2.24) is 20.4 Å². The van der Waals surface area contributed by atoms with E-state index in [9.17, 15) is 18.0 Å². The highest BCUT2D eigenvalue weighted by atomic mass is 32.1. The van der Waals surface area contributed by atoms with Crippen molar-refractivity contribution in [2.45, 2.75) is 19.6 Å². The lowest BCUT2D eigenvalue weighted by molar-refractivity contribution is -0.192. The van der Waals surface area contributed by atoms with Gasteiger partial charge in [0, 0.05) is 42.5 Å². The van der Waals surface area contributed by atoms with Gasteiger partial charge in [-0.15, -0.1) is 11.3 Å². The standard InChI is InChI=1S/C16H20N4O3S.C2HF3O2/c1-11-13(4-19-23-11)15(21)18-8-16-9-20(5-12(16)7-22-10-16)6-14-17-2-3-24-14;3-2(4,5)1(6)7/h2-4,12H,5-10H2,1H3,(H,18,21);(H,6,7)/t12-,16+;/m1./s1. The summed E-state index contributed by atoms with van der Waals surface area (Å²) in [5.41, 5.74) is 0.484. The zero-order chi connectivity index (χ0) is 22.6. The zero-order valence-corrected chi connectivity index (χ0v) is 17.3. The molecule has 2 N–H and O–H groups in total. The maximum Gasteiger partial charge on any atom is 0.490 e. The molecule has 4 rings (SSSR count). The van der Waals surface area contributed by atoms with Crippen molar-refractivity contribution in [3.63, 3.8) is 0 Å². The van der Waals surface area contributed by atoms with Crippen LogP contribution in [0.15, 0.2) is 22.3 Å². The Morgan fingerprint density at radius 1 is 1.45 bits per heavy atom. The summed E-state index contributed by atoms with van der Waals surface area (Å²) in [6, 6.07) is 0. The van der Waals surface area contributed by atoms with E-state index in [1.54, 1.807) is 18.3 Å². The third kappa shape index (κ3) is 5.60. The largest absolute Gasteiger partial charge is 0.490 e. The number of carboxylic acid groups (broad SMARTS) is 1. The quantitative estimate of drug-likeness (QED) is 0.693. The van der Waals surface area contributed by atoms with Gasteiger partial charge in [0.15, 0.2) is 0 Å². The molecule has 1 amide bonds. The Balaban J connectivity index is 0.000000339. The number of aliphatic carboxylic acids is 1. The summed E-state index contributed by atoms with van der Waals surface area (Å²) in [5.74, 6) is -1.90. The van der Waals surface area contributed by atoms with Crippen molar-refractivity contribution >= 4 is 23.2 Å². The topological polar surface area (TPSA) is 118 Å². The van der Waals surface area contributed by atoms with Gasteiger partial charge in [-0.2, -0.15) is 13.2 Å². The minimum absolute atomic E-state index is 0.0159. The van der Waals surface area contributed by atoms with Gasteiger partial charge in [-0.1, -0.05) is 5.16 Å².